The molecule has 1 aliphatic heterocycles. The lowest BCUT2D eigenvalue weighted by molar-refractivity contribution is -0.124. The van der Waals surface area contributed by atoms with Gasteiger partial charge in [0.05, 0.1) is 5.56 Å². The summed E-state index contributed by atoms with van der Waals surface area (Å²) in [5.74, 6) is 0.546. The summed E-state index contributed by atoms with van der Waals surface area (Å²) in [6.07, 6.45) is 3.31. The summed E-state index contributed by atoms with van der Waals surface area (Å²) in [5.41, 5.74) is 8.00. The number of ketones is 1. The van der Waals surface area contributed by atoms with Gasteiger partial charge in [0, 0.05) is 42.4 Å². The molecule has 0 spiro atoms. The highest BCUT2D eigenvalue weighted by atomic mass is 16.4. The van der Waals surface area contributed by atoms with Crippen LogP contribution in [0.3, 0.4) is 0 Å². The summed E-state index contributed by atoms with van der Waals surface area (Å²) in [6.45, 7) is 1.22. The molecule has 1 saturated carbocycles. The van der Waals surface area contributed by atoms with Crippen LogP contribution in [0.1, 0.15) is 23.2 Å². The van der Waals surface area contributed by atoms with Crippen LogP contribution in [0.4, 0.5) is 11.5 Å². The number of anilines is 2. The van der Waals surface area contributed by atoms with Gasteiger partial charge in [0.2, 0.25) is 0 Å². The largest absolute Gasteiger partial charge is 0.478 e. The van der Waals surface area contributed by atoms with Gasteiger partial charge in [0.25, 0.3) is 0 Å². The number of carboxylic acids is 1. The Kier molecular flexibility index (Phi) is 3.61. The molecule has 0 amide bonds. The van der Waals surface area contributed by atoms with Crippen LogP contribution in [-0.4, -0.2) is 44.5 Å². The number of piperidine rings is 1. The Morgan fingerprint density at radius 3 is 2.46 bits per heavy atom. The lowest BCUT2D eigenvalue weighted by Gasteiger charge is -2.32. The monoisotopic (exact) mass is 377 g/mol. The fraction of sp³-hybridized carbons (Fsp3) is 0.300. The third kappa shape index (κ3) is 2.60. The van der Waals surface area contributed by atoms with E-state index in [2.05, 4.69) is 10.00 Å². The van der Waals surface area contributed by atoms with Gasteiger partial charge in [0.15, 0.2) is 11.6 Å². The minimum atomic E-state index is -1.01. The van der Waals surface area contributed by atoms with Gasteiger partial charge in [-0.05, 0) is 43.2 Å². The Bertz CT molecular complexity index is 1090. The summed E-state index contributed by atoms with van der Waals surface area (Å²) in [7, 11) is 0. The van der Waals surface area contributed by atoms with Crippen LogP contribution in [-0.2, 0) is 4.79 Å². The zero-order chi connectivity index (χ0) is 19.4. The number of aromatic nitrogens is 3. The Labute approximate surface area is 160 Å². The first-order chi connectivity index (χ1) is 13.5. The second-order valence-corrected chi connectivity index (χ2v) is 7.52. The molecular weight excluding hydrogens is 358 g/mol. The molecule has 2 atom stereocenters. The van der Waals surface area contributed by atoms with Crippen molar-refractivity contribution in [3.05, 3.63) is 42.1 Å². The van der Waals surface area contributed by atoms with Gasteiger partial charge < -0.3 is 15.7 Å². The van der Waals surface area contributed by atoms with Gasteiger partial charge in [0.1, 0.15) is 11.3 Å². The maximum Gasteiger partial charge on any atom is 0.337 e. The number of aromatic carboxylic acids is 1. The summed E-state index contributed by atoms with van der Waals surface area (Å²) in [6, 6.07) is 8.82. The van der Waals surface area contributed by atoms with E-state index in [0.29, 0.717) is 41.7 Å². The second-order valence-electron chi connectivity index (χ2n) is 7.52. The van der Waals surface area contributed by atoms with Gasteiger partial charge in [-0.1, -0.05) is 0 Å². The maximum atomic E-state index is 12.3. The van der Waals surface area contributed by atoms with E-state index < -0.39 is 5.97 Å². The number of carboxylic acid groups (broad SMARTS) is 1. The fourth-order valence-electron chi connectivity index (χ4n) is 4.25. The van der Waals surface area contributed by atoms with E-state index in [1.807, 2.05) is 12.1 Å². The summed E-state index contributed by atoms with van der Waals surface area (Å²) >= 11 is 0. The quantitative estimate of drug-likeness (QED) is 0.672. The van der Waals surface area contributed by atoms with Crippen LogP contribution in [0.2, 0.25) is 0 Å². The zero-order valence-corrected chi connectivity index (χ0v) is 15.1. The van der Waals surface area contributed by atoms with Crippen molar-refractivity contribution in [2.75, 3.05) is 23.7 Å². The number of Topliss-reactive ketones (excluding diaryl/α,β-unsaturated/α-hetero) is 1. The number of benzene rings is 1. The minimum absolute atomic E-state index is 0.0302. The Hall–Kier alpha value is -3.42. The molecule has 1 saturated heterocycles. The first-order valence-corrected chi connectivity index (χ1v) is 9.28. The molecule has 142 valence electrons. The topological polar surface area (TPSA) is 114 Å². The third-order valence-electron chi connectivity index (χ3n) is 5.71. The first kappa shape index (κ1) is 16.7. The van der Waals surface area contributed by atoms with E-state index in [0.717, 1.165) is 18.4 Å². The van der Waals surface area contributed by atoms with Crippen molar-refractivity contribution in [1.82, 2.24) is 14.6 Å². The van der Waals surface area contributed by atoms with Crippen LogP contribution >= 0.6 is 0 Å². The summed E-state index contributed by atoms with van der Waals surface area (Å²) in [4.78, 5) is 30.6. The molecule has 5 rings (SSSR count). The predicted octanol–water partition coefficient (Wildman–Crippen LogP) is 2.09. The van der Waals surface area contributed by atoms with Crippen molar-refractivity contribution >= 4 is 28.8 Å². The average molecular weight is 377 g/mol. The number of carbonyl (C=O) groups excluding carboxylic acids is 1. The van der Waals surface area contributed by atoms with E-state index in [9.17, 15) is 14.7 Å². The molecule has 0 radical (unpaired) electrons. The van der Waals surface area contributed by atoms with Crippen molar-refractivity contribution in [3.63, 3.8) is 0 Å². The third-order valence-corrected chi connectivity index (χ3v) is 5.71. The van der Waals surface area contributed by atoms with Crippen molar-refractivity contribution in [2.24, 2.45) is 11.8 Å². The molecule has 1 aromatic carbocycles. The molecule has 2 unspecified atom stereocenters. The number of fused-ring (bicyclic) bond motifs is 3. The number of rotatable bonds is 3. The predicted molar refractivity (Wildman–Crippen MR) is 103 cm³/mol. The van der Waals surface area contributed by atoms with E-state index in [-0.39, 0.29) is 17.4 Å². The molecule has 8 heteroatoms. The molecular formula is C20H19N5O3. The molecule has 2 bridgehead atoms. The number of hydrogen-bond donors (Lipinski definition) is 2. The molecule has 3 aromatic rings. The Morgan fingerprint density at radius 1 is 1.14 bits per heavy atom. The lowest BCUT2D eigenvalue weighted by atomic mass is 9.97. The van der Waals surface area contributed by atoms with Crippen LogP contribution in [0.15, 0.2) is 36.5 Å². The highest BCUT2D eigenvalue weighted by Gasteiger charge is 2.41. The van der Waals surface area contributed by atoms with Crippen LogP contribution in [0.25, 0.3) is 16.9 Å². The molecule has 1 aliphatic carbocycles. The Balaban J connectivity index is 1.66. The van der Waals surface area contributed by atoms with E-state index in [1.165, 1.54) is 6.20 Å². The molecule has 28 heavy (non-hydrogen) atoms. The standard InChI is InChI=1S/C20H19N5O3/c21-15-5-3-11(4-6-15)18-22-19(16-7-14(20(27)28)10-25(16)23-18)24-8-12-1-2-13(9-24)17(12)26/h3-7,10,12-13H,1-2,8-9,21H2,(H,27,28). The van der Waals surface area contributed by atoms with Gasteiger partial charge in [-0.15, -0.1) is 5.10 Å². The molecule has 2 aliphatic rings. The van der Waals surface area contributed by atoms with E-state index >= 15 is 0 Å². The lowest BCUT2D eigenvalue weighted by Crippen LogP contribution is -2.43. The number of nitrogens with zero attached hydrogens (tertiary/aromatic N) is 4. The van der Waals surface area contributed by atoms with Gasteiger partial charge in [-0.3, -0.25) is 4.79 Å². The second kappa shape index (κ2) is 6.05. The smallest absolute Gasteiger partial charge is 0.337 e. The number of hydrogen-bond acceptors (Lipinski definition) is 6. The normalized spacial score (nSPS) is 21.4. The van der Waals surface area contributed by atoms with Crippen LogP contribution in [0.5, 0.6) is 0 Å². The maximum absolute atomic E-state index is 12.3. The average Bonchev–Trinajstić information content (AvgIpc) is 3.18. The molecule has 8 nitrogen and oxygen atoms in total. The van der Waals surface area contributed by atoms with Crippen LogP contribution in [0, 0.1) is 11.8 Å². The SMILES string of the molecule is Nc1ccc(-c2nc(N3CC4CCC(C3)C4=O)c3cc(C(=O)O)cn3n2)cc1. The van der Waals surface area contributed by atoms with Crippen molar-refractivity contribution in [1.29, 1.82) is 0 Å². The fourth-order valence-corrected chi connectivity index (χ4v) is 4.25. The number of carbonyl (C=O) groups is 2. The van der Waals surface area contributed by atoms with Gasteiger partial charge in [-0.2, -0.15) is 0 Å². The van der Waals surface area contributed by atoms with Crippen molar-refractivity contribution in [2.45, 2.75) is 12.8 Å². The summed E-state index contributed by atoms with van der Waals surface area (Å²) in [5, 5.41) is 13.9. The van der Waals surface area contributed by atoms with Gasteiger partial charge in [-0.25, -0.2) is 14.3 Å². The highest BCUT2D eigenvalue weighted by molar-refractivity contribution is 5.92. The number of nitrogen functional groups attached to an aromatic ring is 1. The molecule has 2 fully saturated rings. The van der Waals surface area contributed by atoms with Crippen LogP contribution < -0.4 is 10.6 Å². The van der Waals surface area contributed by atoms with Crippen molar-refractivity contribution in [3.8, 4) is 11.4 Å². The van der Waals surface area contributed by atoms with E-state index in [1.54, 1.807) is 22.7 Å². The van der Waals surface area contributed by atoms with E-state index in [4.69, 9.17) is 10.7 Å². The van der Waals surface area contributed by atoms with Gasteiger partial charge >= 0.3 is 5.97 Å². The summed E-state index contributed by atoms with van der Waals surface area (Å²) < 4.78 is 1.57. The zero-order valence-electron chi connectivity index (χ0n) is 15.1. The highest BCUT2D eigenvalue weighted by Crippen LogP contribution is 2.36. The molecule has 3 N–H and O–H groups in total. The number of nitrogens with two attached hydrogens (primary N) is 1. The molecule has 2 aromatic heterocycles. The molecule has 3 heterocycles. The minimum Gasteiger partial charge on any atom is -0.478 e. The Morgan fingerprint density at radius 2 is 1.82 bits per heavy atom. The van der Waals surface area contributed by atoms with Crippen molar-refractivity contribution < 1.29 is 14.7 Å². The first-order valence-electron chi connectivity index (χ1n) is 9.28.